The lowest BCUT2D eigenvalue weighted by Gasteiger charge is -2.72. The van der Waals surface area contributed by atoms with E-state index >= 15 is 0 Å². The number of Topliss-reactive ketones (excluding diaryl/α,β-unsaturated/α-hetero) is 1. The number of carboxylic acid groups (broad SMARTS) is 1. The molecular formula is C47H71N3O7. The third-order valence-corrected chi connectivity index (χ3v) is 16.9. The first-order valence-corrected chi connectivity index (χ1v) is 21.7. The maximum Gasteiger partial charge on any atom is 0.309 e. The van der Waals surface area contributed by atoms with Gasteiger partial charge in [-0.25, -0.2) is 0 Å². The summed E-state index contributed by atoms with van der Waals surface area (Å²) >= 11 is 0. The maximum absolute atomic E-state index is 14.3. The molecule has 0 spiro atoms. The van der Waals surface area contributed by atoms with E-state index in [0.717, 1.165) is 62.6 Å². The topological polar surface area (TPSA) is 137 Å². The van der Waals surface area contributed by atoms with Gasteiger partial charge in [0.05, 0.1) is 30.2 Å². The van der Waals surface area contributed by atoms with Gasteiger partial charge in [0.1, 0.15) is 6.10 Å². The van der Waals surface area contributed by atoms with Gasteiger partial charge in [-0.2, -0.15) is 0 Å². The van der Waals surface area contributed by atoms with Crippen LogP contribution in [0.25, 0.3) is 0 Å². The first-order valence-electron chi connectivity index (χ1n) is 21.7. The molecule has 4 fully saturated rings. The summed E-state index contributed by atoms with van der Waals surface area (Å²) in [6.45, 7) is 20.3. The minimum absolute atomic E-state index is 0.00669. The third-order valence-electron chi connectivity index (χ3n) is 16.9. The molecule has 0 saturated heterocycles. The van der Waals surface area contributed by atoms with Gasteiger partial charge in [0.15, 0.2) is 5.78 Å². The van der Waals surface area contributed by atoms with Gasteiger partial charge in [-0.05, 0) is 123 Å². The Morgan fingerprint density at radius 3 is 2.26 bits per heavy atom. The molecular weight excluding hydrogens is 719 g/mol. The van der Waals surface area contributed by atoms with Crippen molar-refractivity contribution in [3.8, 4) is 0 Å². The zero-order valence-electron chi connectivity index (χ0n) is 36.7. The number of aliphatic hydroxyl groups excluding tert-OH is 1. The molecule has 6 rings (SSSR count). The molecule has 4 saturated carbocycles. The fourth-order valence-corrected chi connectivity index (χ4v) is 13.6. The number of likely N-dealkylation sites (N-methyl/N-ethyl adjacent to an activating group) is 1. The lowest BCUT2D eigenvalue weighted by atomic mass is 9.33. The summed E-state index contributed by atoms with van der Waals surface area (Å²) in [7, 11) is 3.50. The first kappa shape index (κ1) is 43.5. The molecule has 1 heterocycles. The number of aliphatic hydroxyl groups is 1. The number of fused-ring (bicyclic) bond motifs is 7. The van der Waals surface area contributed by atoms with E-state index in [1.165, 1.54) is 5.57 Å². The molecule has 0 aromatic carbocycles. The van der Waals surface area contributed by atoms with Crippen molar-refractivity contribution in [1.29, 1.82) is 0 Å². The Balaban J connectivity index is 1.30. The number of ketones is 1. The lowest BCUT2D eigenvalue weighted by Crippen LogP contribution is -2.66. The zero-order valence-corrected chi connectivity index (χ0v) is 36.7. The minimum atomic E-state index is -1.18. The van der Waals surface area contributed by atoms with Crippen molar-refractivity contribution >= 4 is 23.6 Å². The smallest absolute Gasteiger partial charge is 0.309 e. The summed E-state index contributed by atoms with van der Waals surface area (Å²) in [5.74, 6) is -0.318. The number of amides is 1. The van der Waals surface area contributed by atoms with Crippen LogP contribution in [0.15, 0.2) is 35.5 Å². The average Bonchev–Trinajstić information content (AvgIpc) is 3.43. The largest absolute Gasteiger partial charge is 0.481 e. The number of allylic oxidation sites excluding steroid dienone is 1. The molecule has 1 aromatic rings. The molecule has 316 valence electrons. The van der Waals surface area contributed by atoms with E-state index < -0.39 is 28.9 Å². The average molecular weight is 790 g/mol. The SMILES string of the molecule is CC(C)C1=C2[C@H]3CC[C@@H]4[C@@]5(C)CC[C@H](OC(=O)CC(C)(C)C(=O)O)C(C)(C)[C@@H]5CC[C@@]4(C)[C@]3(C)CCC2([C@@H](O)CN(CC(=O)N(C)C)Cc2ccccn2)CC1=O. The second kappa shape index (κ2) is 15.2. The van der Waals surface area contributed by atoms with Gasteiger partial charge in [0.2, 0.25) is 5.91 Å². The van der Waals surface area contributed by atoms with Crippen LogP contribution in [0.3, 0.4) is 0 Å². The molecule has 9 atom stereocenters. The fourth-order valence-electron chi connectivity index (χ4n) is 13.6. The number of aromatic nitrogens is 1. The predicted octanol–water partition coefficient (Wildman–Crippen LogP) is 7.73. The first-order chi connectivity index (χ1) is 26.4. The van der Waals surface area contributed by atoms with Crippen molar-refractivity contribution in [3.05, 3.63) is 41.2 Å². The van der Waals surface area contributed by atoms with Crippen LogP contribution in [0.5, 0.6) is 0 Å². The number of carboxylic acids is 1. The quantitative estimate of drug-likeness (QED) is 0.204. The van der Waals surface area contributed by atoms with Crippen LogP contribution in [0.2, 0.25) is 0 Å². The van der Waals surface area contributed by atoms with Crippen LogP contribution in [0, 0.1) is 56.2 Å². The van der Waals surface area contributed by atoms with Crippen LogP contribution >= 0.6 is 0 Å². The van der Waals surface area contributed by atoms with Crippen molar-refractivity contribution in [2.75, 3.05) is 27.2 Å². The van der Waals surface area contributed by atoms with Crippen LogP contribution in [0.4, 0.5) is 0 Å². The number of aliphatic carboxylic acids is 1. The number of hydrogen-bond acceptors (Lipinski definition) is 8. The highest BCUT2D eigenvalue weighted by atomic mass is 16.5. The molecule has 0 bridgehead atoms. The third kappa shape index (κ3) is 7.20. The van der Waals surface area contributed by atoms with E-state index in [9.17, 15) is 29.4 Å². The highest BCUT2D eigenvalue weighted by molar-refractivity contribution is 6.00. The Labute approximate surface area is 341 Å². The van der Waals surface area contributed by atoms with Crippen LogP contribution in [-0.4, -0.2) is 88.0 Å². The van der Waals surface area contributed by atoms with Crippen LogP contribution in [0.1, 0.15) is 132 Å². The van der Waals surface area contributed by atoms with Crippen LogP contribution < -0.4 is 0 Å². The van der Waals surface area contributed by atoms with Crippen molar-refractivity contribution in [3.63, 3.8) is 0 Å². The van der Waals surface area contributed by atoms with E-state index in [4.69, 9.17) is 4.74 Å². The summed E-state index contributed by atoms with van der Waals surface area (Å²) in [6.07, 6.45) is 8.23. The Kier molecular flexibility index (Phi) is 11.6. The van der Waals surface area contributed by atoms with Crippen molar-refractivity contribution in [2.45, 2.75) is 145 Å². The number of hydrogen-bond donors (Lipinski definition) is 2. The van der Waals surface area contributed by atoms with E-state index in [0.29, 0.717) is 24.8 Å². The molecule has 1 unspecified atom stereocenters. The maximum atomic E-state index is 14.3. The number of carbonyl (C=O) groups is 4. The van der Waals surface area contributed by atoms with E-state index in [-0.39, 0.29) is 70.8 Å². The normalized spacial score (nSPS) is 35.2. The van der Waals surface area contributed by atoms with Crippen molar-refractivity contribution in [1.82, 2.24) is 14.8 Å². The molecule has 5 aliphatic carbocycles. The highest BCUT2D eigenvalue weighted by Gasteiger charge is 2.71. The number of carbonyl (C=O) groups excluding carboxylic acids is 3. The molecule has 57 heavy (non-hydrogen) atoms. The molecule has 0 radical (unpaired) electrons. The van der Waals surface area contributed by atoms with Gasteiger partial charge in [-0.3, -0.25) is 29.1 Å². The molecule has 0 aliphatic heterocycles. The Morgan fingerprint density at radius 1 is 0.947 bits per heavy atom. The van der Waals surface area contributed by atoms with Gasteiger partial charge in [-0.1, -0.05) is 60.1 Å². The monoisotopic (exact) mass is 790 g/mol. The fraction of sp³-hybridized carbons (Fsp3) is 0.766. The van der Waals surface area contributed by atoms with Gasteiger partial charge in [0, 0.05) is 50.6 Å². The molecule has 10 heteroatoms. The number of ether oxygens (including phenoxy) is 1. The van der Waals surface area contributed by atoms with E-state index in [2.05, 4.69) is 53.5 Å². The number of esters is 1. The molecule has 5 aliphatic rings. The van der Waals surface area contributed by atoms with E-state index in [1.807, 2.05) is 23.1 Å². The number of rotatable bonds is 12. The predicted molar refractivity (Wildman–Crippen MR) is 220 cm³/mol. The van der Waals surface area contributed by atoms with Gasteiger partial charge in [-0.15, -0.1) is 0 Å². The molecule has 2 N–H and O–H groups in total. The summed E-state index contributed by atoms with van der Waals surface area (Å²) in [4.78, 5) is 60.5. The summed E-state index contributed by atoms with van der Waals surface area (Å²) in [5, 5.41) is 22.3. The summed E-state index contributed by atoms with van der Waals surface area (Å²) < 4.78 is 6.18. The zero-order chi connectivity index (χ0) is 42.1. The molecule has 1 aromatic heterocycles. The molecule has 10 nitrogen and oxygen atoms in total. The number of pyridine rings is 1. The Hall–Kier alpha value is -3.11. The second-order valence-corrected chi connectivity index (χ2v) is 21.4. The minimum Gasteiger partial charge on any atom is -0.481 e. The van der Waals surface area contributed by atoms with Crippen molar-refractivity contribution in [2.24, 2.45) is 56.2 Å². The molecule has 1 amide bonds. The van der Waals surface area contributed by atoms with Crippen molar-refractivity contribution < 1.29 is 34.1 Å². The van der Waals surface area contributed by atoms with Gasteiger partial charge >= 0.3 is 11.9 Å². The Morgan fingerprint density at radius 2 is 1.65 bits per heavy atom. The van der Waals surface area contributed by atoms with Gasteiger partial charge in [0.25, 0.3) is 0 Å². The van der Waals surface area contributed by atoms with E-state index in [1.54, 1.807) is 39.0 Å². The summed E-state index contributed by atoms with van der Waals surface area (Å²) in [6, 6.07) is 5.76. The lowest BCUT2D eigenvalue weighted by molar-refractivity contribution is -0.235. The standard InChI is InChI=1S/C47H71N3O7/c1-29(2)39-32(51)24-47(35(52)27-50(28-37(53)49(10)11)26-30-14-12-13-23-48-30)22-21-45(8)31(40(39)47)15-16-34-44(7)19-18-36(57-38(54)25-42(3,4)41(55)56)43(5,6)33(44)17-20-46(34,45)9/h12-14,23,29,31,33-36,52H,15-22,24-28H2,1-11H3,(H,55,56)/t31-,33+,34-,35+,36+,44+,45-,46-,47?/m1/s1. The Bertz CT molecular complexity index is 1770. The second-order valence-electron chi connectivity index (χ2n) is 21.4. The number of nitrogens with zero attached hydrogens (tertiary/aromatic N) is 3. The summed E-state index contributed by atoms with van der Waals surface area (Å²) in [5.41, 5.74) is 0.777. The van der Waals surface area contributed by atoms with Crippen LogP contribution in [-0.2, 0) is 30.5 Å². The van der Waals surface area contributed by atoms with Gasteiger partial charge < -0.3 is 19.8 Å². The highest BCUT2D eigenvalue weighted by Crippen LogP contribution is 2.77.